The zero-order chi connectivity index (χ0) is 26.2. The number of phenols is 1. The molecule has 2 fully saturated rings. The molecule has 1 saturated heterocycles. The maximum absolute atomic E-state index is 10.9. The zero-order valence-electron chi connectivity index (χ0n) is 22.3. The van der Waals surface area contributed by atoms with Gasteiger partial charge in [-0.3, -0.25) is 9.58 Å². The Kier molecular flexibility index (Phi) is 6.76. The van der Waals surface area contributed by atoms with E-state index in [9.17, 15) is 5.11 Å². The van der Waals surface area contributed by atoms with Crippen LogP contribution in [0.3, 0.4) is 0 Å². The number of phenolic OH excluding ortho intramolecular Hbond substituents is 1. The molecule has 0 unspecified atom stereocenters. The van der Waals surface area contributed by atoms with Gasteiger partial charge in [0.1, 0.15) is 17.0 Å². The molecule has 1 aliphatic carbocycles. The largest absolute Gasteiger partial charge is 0.507 e. The fraction of sp³-hybridized carbons (Fsp3) is 0.433. The predicted octanol–water partition coefficient (Wildman–Crippen LogP) is 5.02. The van der Waals surface area contributed by atoms with Gasteiger partial charge >= 0.3 is 0 Å². The summed E-state index contributed by atoms with van der Waals surface area (Å²) in [7, 11) is 5.34. The molecule has 38 heavy (non-hydrogen) atoms. The minimum Gasteiger partial charge on any atom is -0.507 e. The van der Waals surface area contributed by atoms with Crippen molar-refractivity contribution in [1.29, 1.82) is 0 Å². The number of aromatic hydroxyl groups is 1. The van der Waals surface area contributed by atoms with Crippen LogP contribution in [0, 0.1) is 5.92 Å². The van der Waals surface area contributed by atoms with Gasteiger partial charge in [0.2, 0.25) is 0 Å². The average Bonchev–Trinajstić information content (AvgIpc) is 3.29. The van der Waals surface area contributed by atoms with Crippen LogP contribution >= 0.6 is 0 Å². The normalized spacial score (nSPS) is 20.5. The van der Waals surface area contributed by atoms with Crippen LogP contribution in [0.15, 0.2) is 48.7 Å². The second-order valence-corrected chi connectivity index (χ2v) is 10.8. The highest BCUT2D eigenvalue weighted by Crippen LogP contribution is 2.37. The van der Waals surface area contributed by atoms with Crippen molar-refractivity contribution in [3.8, 4) is 33.9 Å². The monoisotopic (exact) mass is 513 g/mol. The smallest absolute Gasteiger partial charge is 0.147 e. The van der Waals surface area contributed by atoms with Crippen molar-refractivity contribution in [2.45, 2.75) is 37.6 Å². The number of aromatic nitrogens is 4. The number of aryl methyl sites for hydroxylation is 1. The van der Waals surface area contributed by atoms with Crippen molar-refractivity contribution < 1.29 is 14.6 Å². The number of hydrogen-bond acceptors (Lipinski definition) is 7. The molecule has 2 aromatic carbocycles. The van der Waals surface area contributed by atoms with E-state index in [1.54, 1.807) is 25.0 Å². The third-order valence-corrected chi connectivity index (χ3v) is 8.26. The summed E-state index contributed by atoms with van der Waals surface area (Å²) >= 11 is 0. The Bertz CT molecular complexity index is 1420. The standard InChI is InChI=1S/C30H35N5O3/c1-34-15-22-12-21(14-29(38-3)30(22)33-34)20-6-9-25(28(36)13-20)27-11-10-26(31-32-27)23-16-35(17-23)24-7-4-19(5-8-24)18-37-2/h6,9-15,19,23-24,36H,4-5,7-8,16-18H2,1-3H3. The fourth-order valence-corrected chi connectivity index (χ4v) is 6.09. The Balaban J connectivity index is 1.12. The van der Waals surface area contributed by atoms with Crippen LogP contribution in [-0.2, 0) is 11.8 Å². The number of methoxy groups -OCH3 is 2. The van der Waals surface area contributed by atoms with Crippen LogP contribution in [0.4, 0.5) is 0 Å². The second-order valence-electron chi connectivity index (χ2n) is 10.8. The van der Waals surface area contributed by atoms with E-state index in [0.717, 1.165) is 53.3 Å². The molecule has 0 spiro atoms. The van der Waals surface area contributed by atoms with Crippen LogP contribution < -0.4 is 4.74 Å². The van der Waals surface area contributed by atoms with Gasteiger partial charge in [0.05, 0.1) is 18.5 Å². The summed E-state index contributed by atoms with van der Waals surface area (Å²) in [6.07, 6.45) is 7.03. The summed E-state index contributed by atoms with van der Waals surface area (Å²) in [5.74, 6) is 2.04. The van der Waals surface area contributed by atoms with Crippen molar-refractivity contribution in [3.05, 3.63) is 54.4 Å². The van der Waals surface area contributed by atoms with Crippen molar-refractivity contribution in [2.75, 3.05) is 33.9 Å². The maximum Gasteiger partial charge on any atom is 0.147 e. The van der Waals surface area contributed by atoms with Gasteiger partial charge in [0, 0.05) is 63.0 Å². The van der Waals surface area contributed by atoms with Crippen LogP contribution in [0.25, 0.3) is 33.3 Å². The molecule has 8 heteroatoms. The predicted molar refractivity (Wildman–Crippen MR) is 147 cm³/mol. The summed E-state index contributed by atoms with van der Waals surface area (Å²) in [4.78, 5) is 2.60. The van der Waals surface area contributed by atoms with E-state index in [0.29, 0.717) is 29.0 Å². The van der Waals surface area contributed by atoms with Gasteiger partial charge < -0.3 is 14.6 Å². The van der Waals surface area contributed by atoms with Crippen molar-refractivity contribution in [1.82, 2.24) is 24.9 Å². The van der Waals surface area contributed by atoms with E-state index in [2.05, 4.69) is 32.3 Å². The number of fused-ring (bicyclic) bond motifs is 1. The van der Waals surface area contributed by atoms with Crippen molar-refractivity contribution in [2.24, 2.45) is 13.0 Å². The molecule has 198 valence electrons. The number of ether oxygens (including phenoxy) is 2. The van der Waals surface area contributed by atoms with Gasteiger partial charge in [-0.2, -0.15) is 15.3 Å². The first kappa shape index (κ1) is 24.8. The molecule has 1 N–H and O–H groups in total. The van der Waals surface area contributed by atoms with E-state index < -0.39 is 0 Å². The third-order valence-electron chi connectivity index (χ3n) is 8.26. The highest BCUT2D eigenvalue weighted by atomic mass is 16.5. The van der Waals surface area contributed by atoms with Gasteiger partial charge in [-0.25, -0.2) is 0 Å². The maximum atomic E-state index is 10.9. The lowest BCUT2D eigenvalue weighted by molar-refractivity contribution is 0.0429. The minimum atomic E-state index is 0.175. The van der Waals surface area contributed by atoms with Crippen LogP contribution in [0.1, 0.15) is 37.3 Å². The van der Waals surface area contributed by atoms with Crippen molar-refractivity contribution >= 4 is 10.9 Å². The zero-order valence-corrected chi connectivity index (χ0v) is 22.3. The summed E-state index contributed by atoms with van der Waals surface area (Å²) in [6, 6.07) is 14.4. The second kappa shape index (κ2) is 10.3. The number of rotatable bonds is 7. The quantitative estimate of drug-likeness (QED) is 0.372. The molecule has 1 aliphatic heterocycles. The molecule has 2 aliphatic rings. The van der Waals surface area contributed by atoms with Crippen LogP contribution in [0.5, 0.6) is 11.5 Å². The molecule has 0 atom stereocenters. The molecule has 0 radical (unpaired) electrons. The lowest BCUT2D eigenvalue weighted by atomic mass is 9.83. The third kappa shape index (κ3) is 4.74. The molecule has 4 aromatic rings. The molecule has 3 heterocycles. The first-order valence-electron chi connectivity index (χ1n) is 13.4. The van der Waals surface area contributed by atoms with Gasteiger partial charge in [-0.15, -0.1) is 0 Å². The highest BCUT2D eigenvalue weighted by molar-refractivity contribution is 5.90. The van der Waals surface area contributed by atoms with E-state index in [1.165, 1.54) is 25.7 Å². The first-order chi connectivity index (χ1) is 18.5. The minimum absolute atomic E-state index is 0.175. The van der Waals surface area contributed by atoms with E-state index >= 15 is 0 Å². The SMILES string of the molecule is COCC1CCC(N2CC(c3ccc(-c4ccc(-c5cc(OC)c6nn(C)cc6c5)cc4O)nn3)C2)CC1. The molecule has 6 rings (SSSR count). The van der Waals surface area contributed by atoms with Crippen LogP contribution in [0.2, 0.25) is 0 Å². The van der Waals surface area contributed by atoms with Gasteiger partial charge in [0.15, 0.2) is 0 Å². The summed E-state index contributed by atoms with van der Waals surface area (Å²) < 4.78 is 12.7. The van der Waals surface area contributed by atoms with E-state index in [-0.39, 0.29) is 5.75 Å². The first-order valence-corrected chi connectivity index (χ1v) is 13.4. The lowest BCUT2D eigenvalue weighted by Crippen LogP contribution is -2.52. The Morgan fingerprint density at radius 3 is 2.45 bits per heavy atom. The molecule has 0 amide bonds. The Hall–Kier alpha value is -3.49. The Labute approximate surface area is 223 Å². The van der Waals surface area contributed by atoms with E-state index in [1.807, 2.05) is 37.5 Å². The van der Waals surface area contributed by atoms with Crippen molar-refractivity contribution in [3.63, 3.8) is 0 Å². The van der Waals surface area contributed by atoms with Gasteiger partial charge in [-0.1, -0.05) is 6.07 Å². The van der Waals surface area contributed by atoms with Gasteiger partial charge in [-0.05, 0) is 79.1 Å². The number of nitrogens with zero attached hydrogens (tertiary/aromatic N) is 5. The Morgan fingerprint density at radius 2 is 1.76 bits per heavy atom. The topological polar surface area (TPSA) is 85.5 Å². The van der Waals surface area contributed by atoms with Crippen LogP contribution in [-0.4, -0.2) is 69.9 Å². The number of benzene rings is 2. The lowest BCUT2D eigenvalue weighted by Gasteiger charge is -2.46. The molecular formula is C30H35N5O3. The molecule has 2 aromatic heterocycles. The number of likely N-dealkylation sites (tertiary alicyclic amines) is 1. The average molecular weight is 514 g/mol. The summed E-state index contributed by atoms with van der Waals surface area (Å²) in [6.45, 7) is 3.00. The summed E-state index contributed by atoms with van der Waals surface area (Å²) in [5, 5.41) is 25.4. The molecule has 0 bridgehead atoms. The van der Waals surface area contributed by atoms with E-state index in [4.69, 9.17) is 9.47 Å². The molecule has 1 saturated carbocycles. The number of hydrogen-bond donors (Lipinski definition) is 1. The Morgan fingerprint density at radius 1 is 0.947 bits per heavy atom. The molecular weight excluding hydrogens is 478 g/mol. The highest BCUT2D eigenvalue weighted by Gasteiger charge is 2.36. The fourth-order valence-electron chi connectivity index (χ4n) is 6.09. The molecule has 8 nitrogen and oxygen atoms in total. The summed E-state index contributed by atoms with van der Waals surface area (Å²) in [5.41, 5.74) is 5.04. The van der Waals surface area contributed by atoms with Gasteiger partial charge in [0.25, 0.3) is 0 Å².